The van der Waals surface area contributed by atoms with Crippen molar-refractivity contribution in [3.8, 4) is 11.9 Å². The van der Waals surface area contributed by atoms with Crippen molar-refractivity contribution in [1.82, 2.24) is 4.98 Å². The predicted molar refractivity (Wildman–Crippen MR) is 41.6 cm³/mol. The summed E-state index contributed by atoms with van der Waals surface area (Å²) in [6.07, 6.45) is -4.84. The highest BCUT2D eigenvalue weighted by Gasteiger charge is 2.31. The number of hydrogen-bond donors (Lipinski definition) is 1. The summed E-state index contributed by atoms with van der Waals surface area (Å²) < 4.78 is 38.8. The minimum atomic E-state index is -4.84. The Morgan fingerprint density at radius 3 is 2.60 bits per heavy atom. The molecule has 1 heterocycles. The van der Waals surface area contributed by atoms with Crippen LogP contribution in [0.1, 0.15) is 11.3 Å². The largest absolute Gasteiger partial charge is 0.574 e. The van der Waals surface area contributed by atoms with E-state index in [0.717, 1.165) is 12.1 Å². The lowest BCUT2D eigenvalue weighted by Crippen LogP contribution is -2.18. The number of rotatable bonds is 2. The van der Waals surface area contributed by atoms with E-state index in [-0.39, 0.29) is 11.3 Å². The minimum absolute atomic E-state index is 0.00650. The number of pyridine rings is 1. The van der Waals surface area contributed by atoms with Crippen molar-refractivity contribution in [2.45, 2.75) is 13.0 Å². The number of aliphatic hydroxyl groups is 1. The van der Waals surface area contributed by atoms with Crippen molar-refractivity contribution in [3.63, 3.8) is 0 Å². The Balaban J connectivity index is 3.00. The van der Waals surface area contributed by atoms with Crippen LogP contribution in [0.15, 0.2) is 12.1 Å². The fourth-order valence-corrected chi connectivity index (χ4v) is 0.879. The average molecular weight is 218 g/mol. The van der Waals surface area contributed by atoms with Crippen molar-refractivity contribution >= 4 is 0 Å². The monoisotopic (exact) mass is 218 g/mol. The van der Waals surface area contributed by atoms with Crippen LogP contribution in [0.4, 0.5) is 13.2 Å². The van der Waals surface area contributed by atoms with Gasteiger partial charge in [0.15, 0.2) is 0 Å². The number of nitriles is 1. The second kappa shape index (κ2) is 4.14. The highest BCUT2D eigenvalue weighted by atomic mass is 19.4. The van der Waals surface area contributed by atoms with Gasteiger partial charge in [0.1, 0.15) is 6.07 Å². The molecule has 4 nitrogen and oxygen atoms in total. The predicted octanol–water partition coefficient (Wildman–Crippen LogP) is 1.34. The van der Waals surface area contributed by atoms with Crippen molar-refractivity contribution in [3.05, 3.63) is 23.4 Å². The van der Waals surface area contributed by atoms with E-state index in [0.29, 0.717) is 0 Å². The molecule has 0 aliphatic carbocycles. The number of halogens is 3. The summed E-state index contributed by atoms with van der Waals surface area (Å²) in [7, 11) is 0. The number of aliphatic hydroxyl groups excluding tert-OH is 1. The van der Waals surface area contributed by atoms with Crippen LogP contribution in [0.5, 0.6) is 5.88 Å². The zero-order chi connectivity index (χ0) is 11.5. The summed E-state index contributed by atoms with van der Waals surface area (Å²) in [4.78, 5) is 3.33. The molecule has 0 saturated heterocycles. The van der Waals surface area contributed by atoms with E-state index in [2.05, 4.69) is 9.72 Å². The summed E-state index contributed by atoms with van der Waals surface area (Å²) in [5.41, 5.74) is -0.147. The van der Waals surface area contributed by atoms with Crippen LogP contribution in [0, 0.1) is 11.3 Å². The summed E-state index contributed by atoms with van der Waals surface area (Å²) >= 11 is 0. The molecule has 0 bridgehead atoms. The number of alkyl halides is 3. The lowest BCUT2D eigenvalue weighted by molar-refractivity contribution is -0.276. The van der Waals surface area contributed by atoms with E-state index >= 15 is 0 Å². The van der Waals surface area contributed by atoms with Crippen molar-refractivity contribution in [1.29, 1.82) is 5.26 Å². The van der Waals surface area contributed by atoms with Crippen molar-refractivity contribution < 1.29 is 23.0 Å². The number of nitrogens with zero attached hydrogens (tertiary/aromatic N) is 2. The molecule has 0 fully saturated rings. The quantitative estimate of drug-likeness (QED) is 0.813. The summed E-state index contributed by atoms with van der Waals surface area (Å²) in [5.74, 6) is -0.703. The molecule has 1 aromatic heterocycles. The second-order valence-corrected chi connectivity index (χ2v) is 2.46. The maximum atomic E-state index is 11.8. The van der Waals surface area contributed by atoms with E-state index < -0.39 is 18.8 Å². The standard InChI is InChI=1S/C8H5F3N2O2/c9-8(10,11)15-7-2-1-5(3-12)6(4-14)13-7/h1-2,14H,4H2. The van der Waals surface area contributed by atoms with Crippen molar-refractivity contribution in [2.24, 2.45) is 0 Å². The summed E-state index contributed by atoms with van der Waals surface area (Å²) in [6, 6.07) is 3.68. The van der Waals surface area contributed by atoms with E-state index in [1.807, 2.05) is 0 Å². The molecule has 15 heavy (non-hydrogen) atoms. The van der Waals surface area contributed by atoms with Crippen molar-refractivity contribution in [2.75, 3.05) is 0 Å². The molecule has 0 amide bonds. The Bertz CT molecular complexity index is 398. The lowest BCUT2D eigenvalue weighted by Gasteiger charge is -2.08. The number of aromatic nitrogens is 1. The Morgan fingerprint density at radius 2 is 2.13 bits per heavy atom. The zero-order valence-electron chi connectivity index (χ0n) is 7.25. The fourth-order valence-electron chi connectivity index (χ4n) is 0.879. The maximum absolute atomic E-state index is 11.8. The summed E-state index contributed by atoms with van der Waals surface area (Å²) in [6.45, 7) is -0.627. The van der Waals surface area contributed by atoms with Crippen LogP contribution in [-0.4, -0.2) is 16.5 Å². The molecule has 0 unspecified atom stereocenters. The SMILES string of the molecule is N#Cc1ccc(OC(F)(F)F)nc1CO. The highest BCUT2D eigenvalue weighted by Crippen LogP contribution is 2.21. The first-order valence-electron chi connectivity index (χ1n) is 3.73. The smallest absolute Gasteiger partial charge is 0.390 e. The van der Waals surface area contributed by atoms with Gasteiger partial charge in [0.2, 0.25) is 5.88 Å². The first-order valence-corrected chi connectivity index (χ1v) is 3.73. The van der Waals surface area contributed by atoms with E-state index in [9.17, 15) is 13.2 Å². The van der Waals surface area contributed by atoms with Crippen LogP contribution in [-0.2, 0) is 6.61 Å². The van der Waals surface area contributed by atoms with E-state index in [1.165, 1.54) is 0 Å². The van der Waals surface area contributed by atoms with Crippen LogP contribution < -0.4 is 4.74 Å². The number of hydrogen-bond acceptors (Lipinski definition) is 4. The van der Waals surface area contributed by atoms with Crippen LogP contribution in [0.25, 0.3) is 0 Å². The lowest BCUT2D eigenvalue weighted by atomic mass is 10.2. The Kier molecular flexibility index (Phi) is 3.11. The van der Waals surface area contributed by atoms with Gasteiger partial charge in [-0.1, -0.05) is 0 Å². The van der Waals surface area contributed by atoms with Gasteiger partial charge in [0.05, 0.1) is 17.9 Å². The van der Waals surface area contributed by atoms with Gasteiger partial charge in [-0.05, 0) is 6.07 Å². The molecule has 0 radical (unpaired) electrons. The van der Waals surface area contributed by atoms with Crippen LogP contribution in [0.2, 0.25) is 0 Å². The maximum Gasteiger partial charge on any atom is 0.574 e. The van der Waals surface area contributed by atoms with Gasteiger partial charge in [-0.2, -0.15) is 5.26 Å². The third-order valence-corrected chi connectivity index (χ3v) is 1.44. The molecule has 1 N–H and O–H groups in total. The first-order chi connectivity index (χ1) is 6.96. The molecule has 0 saturated carbocycles. The number of ether oxygens (including phenoxy) is 1. The van der Waals surface area contributed by atoms with Gasteiger partial charge < -0.3 is 9.84 Å². The highest BCUT2D eigenvalue weighted by molar-refractivity contribution is 5.35. The minimum Gasteiger partial charge on any atom is -0.390 e. The molecule has 80 valence electrons. The van der Waals surface area contributed by atoms with Gasteiger partial charge in [0.25, 0.3) is 0 Å². The summed E-state index contributed by atoms with van der Waals surface area (Å²) in [5, 5.41) is 17.2. The normalized spacial score (nSPS) is 10.9. The Morgan fingerprint density at radius 1 is 1.47 bits per heavy atom. The van der Waals surface area contributed by atoms with Crippen LogP contribution >= 0.6 is 0 Å². The molecule has 0 aliphatic rings. The van der Waals surface area contributed by atoms with E-state index in [4.69, 9.17) is 10.4 Å². The molecule has 0 aromatic carbocycles. The third-order valence-electron chi connectivity index (χ3n) is 1.44. The van der Waals surface area contributed by atoms with Gasteiger partial charge in [0, 0.05) is 6.07 Å². The Labute approximate surface area is 82.5 Å². The average Bonchev–Trinajstić information content (AvgIpc) is 2.15. The fraction of sp³-hybridized carbons (Fsp3) is 0.250. The second-order valence-electron chi connectivity index (χ2n) is 2.46. The molecular weight excluding hydrogens is 213 g/mol. The van der Waals surface area contributed by atoms with Crippen LogP contribution in [0.3, 0.4) is 0 Å². The molecule has 0 spiro atoms. The van der Waals surface area contributed by atoms with Gasteiger partial charge >= 0.3 is 6.36 Å². The molecule has 0 atom stereocenters. The molecule has 0 aliphatic heterocycles. The molecule has 1 rings (SSSR count). The van der Waals surface area contributed by atoms with Gasteiger partial charge in [-0.15, -0.1) is 13.2 Å². The molecular formula is C8H5F3N2O2. The van der Waals surface area contributed by atoms with Gasteiger partial charge in [-0.25, -0.2) is 4.98 Å². The topological polar surface area (TPSA) is 66.1 Å². The Hall–Kier alpha value is -1.81. The van der Waals surface area contributed by atoms with Gasteiger partial charge in [-0.3, -0.25) is 0 Å². The first kappa shape index (κ1) is 11.3. The molecule has 1 aromatic rings. The third kappa shape index (κ3) is 3.11. The van der Waals surface area contributed by atoms with E-state index in [1.54, 1.807) is 6.07 Å². The zero-order valence-corrected chi connectivity index (χ0v) is 7.25. The molecule has 7 heteroatoms.